The molecule has 2 rings (SSSR count). The maximum absolute atomic E-state index is 11.8. The zero-order chi connectivity index (χ0) is 15.2. The maximum atomic E-state index is 11.8. The molecule has 0 atom stereocenters. The van der Waals surface area contributed by atoms with E-state index >= 15 is 0 Å². The molecular formula is C14H17N3O3S. The van der Waals surface area contributed by atoms with Crippen molar-refractivity contribution in [2.75, 3.05) is 11.1 Å². The first-order valence-corrected chi connectivity index (χ1v) is 7.53. The fourth-order valence-corrected chi connectivity index (χ4v) is 2.21. The molecule has 0 spiro atoms. The van der Waals surface area contributed by atoms with Crippen LogP contribution in [0.5, 0.6) is 0 Å². The van der Waals surface area contributed by atoms with Crippen LogP contribution >= 0.6 is 11.8 Å². The summed E-state index contributed by atoms with van der Waals surface area (Å²) in [4.78, 5) is 12.7. The van der Waals surface area contributed by atoms with E-state index in [2.05, 4.69) is 15.5 Å². The summed E-state index contributed by atoms with van der Waals surface area (Å²) in [6.07, 6.45) is 0. The standard InChI is InChI=1S/C14H17N3O3S/c1-9(2)13-16-17-14(20-13)15-12(19)8-21-11-5-3-10(7-18)4-6-11/h3-6,9,18H,7-8H2,1-2H3,(H,15,17,19). The van der Waals surface area contributed by atoms with Gasteiger partial charge in [0.2, 0.25) is 11.8 Å². The number of hydrogen-bond donors (Lipinski definition) is 2. The number of carbonyl (C=O) groups is 1. The van der Waals surface area contributed by atoms with Crippen molar-refractivity contribution in [3.63, 3.8) is 0 Å². The third-order valence-corrected chi connectivity index (χ3v) is 3.67. The first-order valence-electron chi connectivity index (χ1n) is 6.54. The third-order valence-electron chi connectivity index (χ3n) is 2.66. The van der Waals surface area contributed by atoms with Crippen LogP contribution in [0.25, 0.3) is 0 Å². The molecule has 0 aliphatic rings. The van der Waals surface area contributed by atoms with Crippen LogP contribution in [-0.2, 0) is 11.4 Å². The van der Waals surface area contributed by atoms with E-state index in [1.54, 1.807) is 0 Å². The second kappa shape index (κ2) is 7.24. The lowest BCUT2D eigenvalue weighted by Crippen LogP contribution is -2.14. The van der Waals surface area contributed by atoms with Crippen molar-refractivity contribution in [1.82, 2.24) is 10.2 Å². The van der Waals surface area contributed by atoms with E-state index in [0.717, 1.165) is 10.5 Å². The lowest BCUT2D eigenvalue weighted by Gasteiger charge is -2.02. The topological polar surface area (TPSA) is 88.2 Å². The highest BCUT2D eigenvalue weighted by Crippen LogP contribution is 2.19. The number of nitrogens with one attached hydrogen (secondary N) is 1. The molecule has 7 heteroatoms. The second-order valence-corrected chi connectivity index (χ2v) is 5.79. The summed E-state index contributed by atoms with van der Waals surface area (Å²) in [7, 11) is 0. The second-order valence-electron chi connectivity index (χ2n) is 4.74. The van der Waals surface area contributed by atoms with Crippen molar-refractivity contribution in [2.45, 2.75) is 31.3 Å². The van der Waals surface area contributed by atoms with Crippen LogP contribution in [0, 0.1) is 0 Å². The minimum absolute atomic E-state index is 0.0147. The van der Waals surface area contributed by atoms with Gasteiger partial charge in [-0.15, -0.1) is 16.9 Å². The van der Waals surface area contributed by atoms with Gasteiger partial charge in [0.05, 0.1) is 12.4 Å². The smallest absolute Gasteiger partial charge is 0.322 e. The normalized spacial score (nSPS) is 10.9. The number of carbonyl (C=O) groups excluding carboxylic acids is 1. The molecule has 0 saturated heterocycles. The summed E-state index contributed by atoms with van der Waals surface area (Å²) >= 11 is 1.40. The predicted octanol–water partition coefficient (Wildman–Crippen LogP) is 2.42. The van der Waals surface area contributed by atoms with E-state index in [4.69, 9.17) is 9.52 Å². The Morgan fingerprint density at radius 1 is 1.33 bits per heavy atom. The van der Waals surface area contributed by atoms with E-state index in [-0.39, 0.29) is 30.2 Å². The quantitative estimate of drug-likeness (QED) is 0.797. The van der Waals surface area contributed by atoms with Crippen molar-refractivity contribution in [3.8, 4) is 0 Å². The SMILES string of the molecule is CC(C)c1nnc(NC(=O)CSc2ccc(CO)cc2)o1. The maximum Gasteiger partial charge on any atom is 0.322 e. The average molecular weight is 307 g/mol. The van der Waals surface area contributed by atoms with Crippen LogP contribution in [0.1, 0.15) is 31.2 Å². The highest BCUT2D eigenvalue weighted by Gasteiger charge is 2.12. The fraction of sp³-hybridized carbons (Fsp3) is 0.357. The van der Waals surface area contributed by atoms with Crippen molar-refractivity contribution >= 4 is 23.7 Å². The third kappa shape index (κ3) is 4.57. The molecule has 1 aromatic carbocycles. The van der Waals surface area contributed by atoms with Gasteiger partial charge in [-0.3, -0.25) is 10.1 Å². The average Bonchev–Trinajstić information content (AvgIpc) is 2.94. The number of aromatic nitrogens is 2. The summed E-state index contributed by atoms with van der Waals surface area (Å²) < 4.78 is 5.31. The molecule has 0 saturated carbocycles. The molecule has 6 nitrogen and oxygen atoms in total. The molecule has 0 aliphatic heterocycles. The molecule has 2 N–H and O–H groups in total. The Bertz CT molecular complexity index is 596. The summed E-state index contributed by atoms with van der Waals surface area (Å²) in [5, 5.41) is 19.1. The molecule has 0 fully saturated rings. The molecule has 0 radical (unpaired) electrons. The number of benzene rings is 1. The van der Waals surface area contributed by atoms with Crippen molar-refractivity contribution in [2.24, 2.45) is 0 Å². The molecule has 0 unspecified atom stereocenters. The van der Waals surface area contributed by atoms with Gasteiger partial charge < -0.3 is 9.52 Å². The molecule has 1 amide bonds. The Morgan fingerprint density at radius 2 is 2.05 bits per heavy atom. The monoisotopic (exact) mass is 307 g/mol. The van der Waals surface area contributed by atoms with Gasteiger partial charge in [-0.05, 0) is 17.7 Å². The van der Waals surface area contributed by atoms with Crippen LogP contribution in [0.2, 0.25) is 0 Å². The van der Waals surface area contributed by atoms with Crippen LogP contribution in [0.4, 0.5) is 6.01 Å². The van der Waals surface area contributed by atoms with Gasteiger partial charge in [0.25, 0.3) is 0 Å². The number of aliphatic hydroxyl groups is 1. The largest absolute Gasteiger partial charge is 0.408 e. The fourth-order valence-electron chi connectivity index (χ4n) is 1.51. The lowest BCUT2D eigenvalue weighted by atomic mass is 10.2. The molecule has 1 aromatic heterocycles. The number of rotatable bonds is 6. The minimum Gasteiger partial charge on any atom is -0.408 e. The molecule has 112 valence electrons. The summed E-state index contributed by atoms with van der Waals surface area (Å²) in [5.74, 6) is 0.669. The summed E-state index contributed by atoms with van der Waals surface area (Å²) in [6.45, 7) is 3.89. The Kier molecular flexibility index (Phi) is 5.35. The molecule has 0 aliphatic carbocycles. The van der Waals surface area contributed by atoms with Crippen LogP contribution in [-0.4, -0.2) is 27.0 Å². The first kappa shape index (κ1) is 15.5. The molecule has 2 aromatic rings. The van der Waals surface area contributed by atoms with Crippen LogP contribution in [0.15, 0.2) is 33.6 Å². The van der Waals surface area contributed by atoms with E-state index in [0.29, 0.717) is 5.89 Å². The van der Waals surface area contributed by atoms with Gasteiger partial charge in [0.1, 0.15) is 0 Å². The van der Waals surface area contributed by atoms with Crippen LogP contribution in [0.3, 0.4) is 0 Å². The molecule has 0 bridgehead atoms. The Balaban J connectivity index is 1.83. The summed E-state index contributed by atoms with van der Waals surface area (Å²) in [6, 6.07) is 7.51. The minimum atomic E-state index is -0.204. The Morgan fingerprint density at radius 3 is 2.62 bits per heavy atom. The number of aliphatic hydroxyl groups excluding tert-OH is 1. The molecule has 21 heavy (non-hydrogen) atoms. The van der Waals surface area contributed by atoms with E-state index in [1.807, 2.05) is 38.1 Å². The Hall–Kier alpha value is -1.86. The highest BCUT2D eigenvalue weighted by atomic mass is 32.2. The van der Waals surface area contributed by atoms with Crippen molar-refractivity contribution < 1.29 is 14.3 Å². The van der Waals surface area contributed by atoms with Crippen LogP contribution < -0.4 is 5.32 Å². The van der Waals surface area contributed by atoms with E-state index in [1.165, 1.54) is 11.8 Å². The first-order chi connectivity index (χ1) is 10.1. The van der Waals surface area contributed by atoms with Gasteiger partial charge in [-0.1, -0.05) is 31.1 Å². The zero-order valence-electron chi connectivity index (χ0n) is 11.9. The van der Waals surface area contributed by atoms with Gasteiger partial charge in [0, 0.05) is 10.8 Å². The van der Waals surface area contributed by atoms with Gasteiger partial charge in [-0.2, -0.15) is 0 Å². The number of amides is 1. The molecule has 1 heterocycles. The summed E-state index contributed by atoms with van der Waals surface area (Å²) in [5.41, 5.74) is 0.843. The highest BCUT2D eigenvalue weighted by molar-refractivity contribution is 8.00. The Labute approximate surface area is 127 Å². The van der Waals surface area contributed by atoms with Crippen molar-refractivity contribution in [1.29, 1.82) is 0 Å². The lowest BCUT2D eigenvalue weighted by molar-refractivity contribution is -0.113. The number of anilines is 1. The van der Waals surface area contributed by atoms with Crippen molar-refractivity contribution in [3.05, 3.63) is 35.7 Å². The molecular weight excluding hydrogens is 290 g/mol. The predicted molar refractivity (Wildman–Crippen MR) is 80.1 cm³/mol. The number of thioether (sulfide) groups is 1. The van der Waals surface area contributed by atoms with Gasteiger partial charge >= 0.3 is 6.01 Å². The number of hydrogen-bond acceptors (Lipinski definition) is 6. The van der Waals surface area contributed by atoms with E-state index in [9.17, 15) is 4.79 Å². The zero-order valence-corrected chi connectivity index (χ0v) is 12.7. The number of nitrogens with zero attached hydrogens (tertiary/aromatic N) is 2. The van der Waals surface area contributed by atoms with Gasteiger partial charge in [0.15, 0.2) is 0 Å². The van der Waals surface area contributed by atoms with Gasteiger partial charge in [-0.25, -0.2) is 0 Å². The van der Waals surface area contributed by atoms with E-state index < -0.39 is 0 Å².